The lowest BCUT2D eigenvalue weighted by atomic mass is 10.0. The van der Waals surface area contributed by atoms with Crippen LogP contribution in [0.5, 0.6) is 0 Å². The summed E-state index contributed by atoms with van der Waals surface area (Å²) in [5.41, 5.74) is 6.76. The molecule has 6 nitrogen and oxygen atoms in total. The van der Waals surface area contributed by atoms with E-state index < -0.39 is 11.7 Å². The van der Waals surface area contributed by atoms with E-state index in [2.05, 4.69) is 27.2 Å². The molecule has 1 heterocycles. The quantitative estimate of drug-likeness (QED) is 0.724. The Morgan fingerprint density at radius 1 is 1.33 bits per heavy atom. The molecule has 0 saturated carbocycles. The molecule has 9 heteroatoms. The fraction of sp³-hybridized carbons (Fsp3) is 0.389. The van der Waals surface area contributed by atoms with Gasteiger partial charge < -0.3 is 15.8 Å². The van der Waals surface area contributed by atoms with Gasteiger partial charge in [-0.05, 0) is 18.1 Å². The molecule has 1 aliphatic rings. The number of nitrogens with two attached hydrogens (primary N) is 1. The zero-order valence-corrected chi connectivity index (χ0v) is 15.4. The van der Waals surface area contributed by atoms with Gasteiger partial charge in [0.1, 0.15) is 17.1 Å². The van der Waals surface area contributed by atoms with Crippen LogP contribution in [-0.2, 0) is 10.9 Å². The summed E-state index contributed by atoms with van der Waals surface area (Å²) in [5, 5.41) is 2.41. The molecule has 3 N–H and O–H groups in total. The first-order chi connectivity index (χ1) is 12.8. The lowest BCUT2D eigenvalue weighted by molar-refractivity contribution is -0.137. The molecule has 27 heavy (non-hydrogen) atoms. The van der Waals surface area contributed by atoms with Crippen molar-refractivity contribution >= 4 is 17.5 Å². The third kappa shape index (κ3) is 4.87. The molecule has 0 amide bonds. The smallest absolute Gasteiger partial charge is 0.421 e. The molecule has 2 rings (SSSR count). The second-order valence-electron chi connectivity index (χ2n) is 5.76. The van der Waals surface area contributed by atoms with Crippen LogP contribution in [0.1, 0.15) is 31.7 Å². The molecule has 146 valence electrons. The molecule has 0 spiro atoms. The maximum Gasteiger partial charge on any atom is 0.421 e. The van der Waals surface area contributed by atoms with Crippen LogP contribution < -0.4 is 11.1 Å². The van der Waals surface area contributed by atoms with Crippen LogP contribution in [0.25, 0.3) is 0 Å². The van der Waals surface area contributed by atoms with E-state index in [9.17, 15) is 13.2 Å². The molecule has 1 aromatic rings. The third-order valence-electron chi connectivity index (χ3n) is 3.87. The van der Waals surface area contributed by atoms with Crippen molar-refractivity contribution in [2.45, 2.75) is 32.4 Å². The molecule has 1 aliphatic carbocycles. The first-order valence-corrected chi connectivity index (χ1v) is 8.45. The fourth-order valence-electron chi connectivity index (χ4n) is 2.48. The van der Waals surface area contributed by atoms with Gasteiger partial charge in [0.25, 0.3) is 5.95 Å². The molecule has 0 fully saturated rings. The first kappa shape index (κ1) is 20.5. The van der Waals surface area contributed by atoms with Crippen LogP contribution in [0.15, 0.2) is 46.4 Å². The highest BCUT2D eigenvalue weighted by Crippen LogP contribution is 2.34. The highest BCUT2D eigenvalue weighted by molar-refractivity contribution is 6.10. The van der Waals surface area contributed by atoms with Crippen molar-refractivity contribution in [1.82, 2.24) is 9.97 Å². The van der Waals surface area contributed by atoms with E-state index >= 15 is 0 Å². The number of nitrogens with zero attached hydrogens (tertiary/aromatic N) is 3. The number of halogens is 3. The van der Waals surface area contributed by atoms with Gasteiger partial charge in [-0.25, -0.2) is 9.98 Å². The molecular formula is C18H22F3N5O. The number of aromatic nitrogens is 2. The summed E-state index contributed by atoms with van der Waals surface area (Å²) in [4.78, 5) is 11.7. The number of ether oxygens (including phenoxy) is 1. The first-order valence-electron chi connectivity index (χ1n) is 8.45. The molecule has 0 radical (unpaired) electrons. The number of alkyl halides is 3. The van der Waals surface area contributed by atoms with Crippen LogP contribution in [-0.4, -0.2) is 29.8 Å². The normalized spacial score (nSPS) is 17.7. The van der Waals surface area contributed by atoms with Gasteiger partial charge in [-0.2, -0.15) is 18.2 Å². The van der Waals surface area contributed by atoms with E-state index in [0.29, 0.717) is 23.4 Å². The Bertz CT molecular complexity index is 810. The predicted molar refractivity (Wildman–Crippen MR) is 98.6 cm³/mol. The van der Waals surface area contributed by atoms with Crippen molar-refractivity contribution in [2.24, 2.45) is 10.7 Å². The monoisotopic (exact) mass is 381 g/mol. The molecular weight excluding hydrogens is 359 g/mol. The van der Waals surface area contributed by atoms with Gasteiger partial charge in [0.2, 0.25) is 0 Å². The van der Waals surface area contributed by atoms with Gasteiger partial charge in [0.05, 0.1) is 12.8 Å². The minimum absolute atomic E-state index is 0.132. The molecule has 0 unspecified atom stereocenters. The van der Waals surface area contributed by atoms with E-state index in [4.69, 9.17) is 10.5 Å². The SMILES string of the molecule is CCCC/C=C1/C=CC(=Nc2ncc(C(F)(F)F)c(NC)n2)C(OC)=C1N. The third-order valence-corrected chi connectivity index (χ3v) is 3.87. The molecule has 0 bridgehead atoms. The Morgan fingerprint density at radius 3 is 2.67 bits per heavy atom. The number of hydrogen-bond donors (Lipinski definition) is 2. The summed E-state index contributed by atoms with van der Waals surface area (Å²) in [6, 6.07) is 0. The van der Waals surface area contributed by atoms with Crippen LogP contribution in [0.2, 0.25) is 0 Å². The number of unbranched alkanes of at least 4 members (excludes halogenated alkanes) is 2. The van der Waals surface area contributed by atoms with E-state index in [0.717, 1.165) is 24.8 Å². The number of methoxy groups -OCH3 is 1. The Kier molecular flexibility index (Phi) is 6.59. The topological polar surface area (TPSA) is 85.4 Å². The predicted octanol–water partition coefficient (Wildman–Crippen LogP) is 4.11. The molecule has 0 atom stereocenters. The molecule has 0 saturated heterocycles. The number of hydrogen-bond acceptors (Lipinski definition) is 6. The van der Waals surface area contributed by atoms with Crippen molar-refractivity contribution < 1.29 is 17.9 Å². The summed E-state index contributed by atoms with van der Waals surface area (Å²) >= 11 is 0. The standard InChI is InChI=1S/C18H22F3N5O/c1-4-5-6-7-11-8-9-13(15(27-3)14(11)22)25-17-24-10-12(18(19,20)21)16(23-2)26-17/h7-10H,4-6,22H2,1-3H3,(H,23,24,26)/b11-7-,25-13?. The van der Waals surface area contributed by atoms with E-state index in [1.54, 1.807) is 12.2 Å². The second-order valence-corrected chi connectivity index (χ2v) is 5.76. The Morgan fingerprint density at radius 2 is 2.07 bits per heavy atom. The average Bonchev–Trinajstić information content (AvgIpc) is 2.63. The van der Waals surface area contributed by atoms with Crippen molar-refractivity contribution in [1.29, 1.82) is 0 Å². The van der Waals surface area contributed by atoms with E-state index in [1.165, 1.54) is 14.2 Å². The number of rotatable bonds is 6. The van der Waals surface area contributed by atoms with Gasteiger partial charge in [0.15, 0.2) is 5.76 Å². The maximum absolute atomic E-state index is 12.9. The highest BCUT2D eigenvalue weighted by Gasteiger charge is 2.35. The van der Waals surface area contributed by atoms with Gasteiger partial charge in [-0.3, -0.25) is 0 Å². The van der Waals surface area contributed by atoms with Crippen LogP contribution in [0.3, 0.4) is 0 Å². The van der Waals surface area contributed by atoms with Crippen molar-refractivity contribution in [3.63, 3.8) is 0 Å². The van der Waals surface area contributed by atoms with Gasteiger partial charge in [-0.15, -0.1) is 0 Å². The van der Waals surface area contributed by atoms with Crippen molar-refractivity contribution in [3.8, 4) is 0 Å². The Balaban J connectivity index is 2.39. The summed E-state index contributed by atoms with van der Waals surface area (Å²) < 4.78 is 44.2. The summed E-state index contributed by atoms with van der Waals surface area (Å²) in [5.74, 6) is -0.157. The maximum atomic E-state index is 12.9. The Hall–Kier alpha value is -2.84. The minimum Gasteiger partial charge on any atom is -0.492 e. The number of anilines is 1. The summed E-state index contributed by atoms with van der Waals surface area (Å²) in [7, 11) is 2.80. The van der Waals surface area contributed by atoms with Gasteiger partial charge >= 0.3 is 6.18 Å². The zero-order chi connectivity index (χ0) is 20.0. The van der Waals surface area contributed by atoms with Gasteiger partial charge in [-0.1, -0.05) is 31.9 Å². The molecule has 0 aliphatic heterocycles. The van der Waals surface area contributed by atoms with E-state index in [1.807, 2.05) is 6.08 Å². The fourth-order valence-corrected chi connectivity index (χ4v) is 2.48. The Labute approximate surface area is 155 Å². The minimum atomic E-state index is -4.56. The largest absolute Gasteiger partial charge is 0.492 e. The second kappa shape index (κ2) is 8.70. The van der Waals surface area contributed by atoms with Gasteiger partial charge in [0, 0.05) is 13.2 Å². The van der Waals surface area contributed by atoms with Crippen LogP contribution in [0.4, 0.5) is 24.9 Å². The lowest BCUT2D eigenvalue weighted by Gasteiger charge is -2.16. The number of aliphatic imine (C=N–C) groups is 1. The van der Waals surface area contributed by atoms with Crippen LogP contribution in [0, 0.1) is 0 Å². The summed E-state index contributed by atoms with van der Waals surface area (Å²) in [6.45, 7) is 2.10. The number of nitrogens with one attached hydrogen (secondary N) is 1. The average molecular weight is 381 g/mol. The molecule has 1 aromatic heterocycles. The highest BCUT2D eigenvalue weighted by atomic mass is 19.4. The van der Waals surface area contributed by atoms with E-state index in [-0.39, 0.29) is 11.8 Å². The van der Waals surface area contributed by atoms with Crippen LogP contribution >= 0.6 is 0 Å². The van der Waals surface area contributed by atoms with Crippen molar-refractivity contribution in [3.05, 3.63) is 47.0 Å². The zero-order valence-electron chi connectivity index (χ0n) is 15.4. The summed E-state index contributed by atoms with van der Waals surface area (Å²) in [6.07, 6.45) is 4.60. The molecule has 0 aromatic carbocycles. The lowest BCUT2D eigenvalue weighted by Crippen LogP contribution is -2.17. The number of allylic oxidation sites excluding steroid dienone is 3. The van der Waals surface area contributed by atoms with Crippen molar-refractivity contribution in [2.75, 3.05) is 19.5 Å².